The molecule has 3 aromatic rings. The molecule has 4 rings (SSSR count). The molecular weight excluding hydrogens is 382 g/mol. The van der Waals surface area contributed by atoms with E-state index in [-0.39, 0.29) is 18.2 Å². The summed E-state index contributed by atoms with van der Waals surface area (Å²) in [7, 11) is 3.15. The highest BCUT2D eigenvalue weighted by Gasteiger charge is 2.36. The molecule has 1 aliphatic rings. The molecule has 0 radical (unpaired) electrons. The average molecular weight is 400 g/mol. The standard InChI is InChI=1S/C20H18ClN3O4/c1-26-15-6-7-17(27-2)16(10-15)24-11-13(9-18(24)25)20-22-19(23-28-20)12-4-3-5-14(21)8-12/h3-8,10,13H,9,11H2,1-2H3. The third-order valence-electron chi connectivity index (χ3n) is 4.68. The number of hydrogen-bond acceptors (Lipinski definition) is 6. The Morgan fingerprint density at radius 1 is 1.18 bits per heavy atom. The van der Waals surface area contributed by atoms with E-state index in [0.717, 1.165) is 5.56 Å². The van der Waals surface area contributed by atoms with Crippen molar-refractivity contribution in [2.75, 3.05) is 25.7 Å². The van der Waals surface area contributed by atoms with Gasteiger partial charge in [-0.25, -0.2) is 0 Å². The fourth-order valence-electron chi connectivity index (χ4n) is 3.26. The normalized spacial score (nSPS) is 16.5. The topological polar surface area (TPSA) is 77.7 Å². The fraction of sp³-hybridized carbons (Fsp3) is 0.250. The maximum absolute atomic E-state index is 12.7. The number of nitrogens with zero attached hydrogens (tertiary/aromatic N) is 3. The van der Waals surface area contributed by atoms with Crippen LogP contribution in [0.5, 0.6) is 11.5 Å². The Kier molecular flexibility index (Phi) is 4.92. The van der Waals surface area contributed by atoms with Crippen LogP contribution >= 0.6 is 11.6 Å². The lowest BCUT2D eigenvalue weighted by Gasteiger charge is -2.20. The van der Waals surface area contributed by atoms with Gasteiger partial charge in [0.05, 0.1) is 25.8 Å². The Morgan fingerprint density at radius 3 is 2.79 bits per heavy atom. The van der Waals surface area contributed by atoms with E-state index in [1.807, 2.05) is 12.1 Å². The molecule has 1 unspecified atom stereocenters. The molecule has 7 nitrogen and oxygen atoms in total. The first-order valence-corrected chi connectivity index (χ1v) is 9.08. The van der Waals surface area contributed by atoms with Gasteiger partial charge in [-0.2, -0.15) is 4.98 Å². The van der Waals surface area contributed by atoms with Crippen LogP contribution in [0, 0.1) is 0 Å². The number of ether oxygens (including phenoxy) is 2. The van der Waals surface area contributed by atoms with Gasteiger partial charge in [-0.15, -0.1) is 0 Å². The van der Waals surface area contributed by atoms with Gasteiger partial charge in [-0.1, -0.05) is 28.9 Å². The van der Waals surface area contributed by atoms with Gasteiger partial charge >= 0.3 is 0 Å². The number of aromatic nitrogens is 2. The minimum Gasteiger partial charge on any atom is -0.497 e. The van der Waals surface area contributed by atoms with Crippen LogP contribution in [0.1, 0.15) is 18.2 Å². The molecular formula is C20H18ClN3O4. The number of hydrogen-bond donors (Lipinski definition) is 0. The van der Waals surface area contributed by atoms with Crippen LogP contribution in [-0.4, -0.2) is 36.8 Å². The number of halogens is 1. The Morgan fingerprint density at radius 2 is 2.04 bits per heavy atom. The second kappa shape index (κ2) is 7.52. The Bertz CT molecular complexity index is 1020. The summed E-state index contributed by atoms with van der Waals surface area (Å²) in [5.41, 5.74) is 1.42. The van der Waals surface area contributed by atoms with Gasteiger partial charge in [0.2, 0.25) is 17.6 Å². The molecule has 144 valence electrons. The molecule has 1 aliphatic heterocycles. The van der Waals surface area contributed by atoms with Crippen LogP contribution in [0.2, 0.25) is 5.02 Å². The lowest BCUT2D eigenvalue weighted by Crippen LogP contribution is -2.24. The first kappa shape index (κ1) is 18.3. The number of amides is 1. The van der Waals surface area contributed by atoms with E-state index < -0.39 is 0 Å². The van der Waals surface area contributed by atoms with Crippen molar-refractivity contribution < 1.29 is 18.8 Å². The number of methoxy groups -OCH3 is 2. The fourth-order valence-corrected chi connectivity index (χ4v) is 3.45. The van der Waals surface area contributed by atoms with E-state index in [1.165, 1.54) is 0 Å². The maximum atomic E-state index is 12.7. The molecule has 2 heterocycles. The molecule has 28 heavy (non-hydrogen) atoms. The molecule has 0 spiro atoms. The lowest BCUT2D eigenvalue weighted by atomic mass is 10.1. The summed E-state index contributed by atoms with van der Waals surface area (Å²) in [5, 5.41) is 4.63. The molecule has 0 saturated carbocycles. The summed E-state index contributed by atoms with van der Waals surface area (Å²) in [6, 6.07) is 12.6. The van der Waals surface area contributed by atoms with Crippen molar-refractivity contribution in [3.8, 4) is 22.9 Å². The third-order valence-corrected chi connectivity index (χ3v) is 4.91. The van der Waals surface area contributed by atoms with E-state index >= 15 is 0 Å². The van der Waals surface area contributed by atoms with Gasteiger partial charge in [0.15, 0.2) is 0 Å². The molecule has 0 bridgehead atoms. The van der Waals surface area contributed by atoms with Gasteiger partial charge in [0.1, 0.15) is 11.5 Å². The van der Waals surface area contributed by atoms with Crippen molar-refractivity contribution in [1.82, 2.24) is 10.1 Å². The van der Waals surface area contributed by atoms with Crippen molar-refractivity contribution in [2.45, 2.75) is 12.3 Å². The summed E-state index contributed by atoms with van der Waals surface area (Å²) in [6.07, 6.45) is 0.275. The van der Waals surface area contributed by atoms with Crippen molar-refractivity contribution in [3.63, 3.8) is 0 Å². The summed E-state index contributed by atoms with van der Waals surface area (Å²) >= 11 is 6.03. The Labute approximate surface area is 166 Å². The monoisotopic (exact) mass is 399 g/mol. The molecule has 8 heteroatoms. The largest absolute Gasteiger partial charge is 0.497 e. The quantitative estimate of drug-likeness (QED) is 0.647. The Balaban J connectivity index is 1.59. The van der Waals surface area contributed by atoms with Crippen LogP contribution < -0.4 is 14.4 Å². The molecule has 0 aliphatic carbocycles. The smallest absolute Gasteiger partial charge is 0.232 e. The lowest BCUT2D eigenvalue weighted by molar-refractivity contribution is -0.117. The van der Waals surface area contributed by atoms with Gasteiger partial charge < -0.3 is 18.9 Å². The second-order valence-electron chi connectivity index (χ2n) is 6.41. The van der Waals surface area contributed by atoms with Crippen LogP contribution in [-0.2, 0) is 4.79 Å². The van der Waals surface area contributed by atoms with Gasteiger partial charge in [-0.05, 0) is 24.3 Å². The molecule has 1 amide bonds. The molecule has 1 saturated heterocycles. The highest BCUT2D eigenvalue weighted by molar-refractivity contribution is 6.30. The molecule has 2 aromatic carbocycles. The second-order valence-corrected chi connectivity index (χ2v) is 6.85. The predicted octanol–water partition coefficient (Wildman–Crippen LogP) is 3.93. The SMILES string of the molecule is COc1ccc(OC)c(N2CC(c3nc(-c4cccc(Cl)c4)no3)CC2=O)c1. The van der Waals surface area contributed by atoms with E-state index in [4.69, 9.17) is 25.6 Å². The minimum atomic E-state index is -0.205. The van der Waals surface area contributed by atoms with Crippen molar-refractivity contribution in [3.05, 3.63) is 53.4 Å². The third kappa shape index (κ3) is 3.41. The number of anilines is 1. The van der Waals surface area contributed by atoms with Crippen LogP contribution in [0.3, 0.4) is 0 Å². The molecule has 1 aromatic heterocycles. The first-order valence-electron chi connectivity index (χ1n) is 8.71. The van der Waals surface area contributed by atoms with E-state index in [1.54, 1.807) is 49.5 Å². The number of benzene rings is 2. The van der Waals surface area contributed by atoms with Gasteiger partial charge in [0, 0.05) is 29.6 Å². The minimum absolute atomic E-state index is 0.0425. The molecule has 0 N–H and O–H groups in total. The van der Waals surface area contributed by atoms with E-state index in [0.29, 0.717) is 40.5 Å². The van der Waals surface area contributed by atoms with Crippen LogP contribution in [0.25, 0.3) is 11.4 Å². The van der Waals surface area contributed by atoms with Gasteiger partial charge in [-0.3, -0.25) is 4.79 Å². The highest BCUT2D eigenvalue weighted by atomic mass is 35.5. The van der Waals surface area contributed by atoms with Crippen molar-refractivity contribution in [2.24, 2.45) is 0 Å². The summed E-state index contributed by atoms with van der Waals surface area (Å²) < 4.78 is 16.1. The zero-order chi connectivity index (χ0) is 19.7. The summed E-state index contributed by atoms with van der Waals surface area (Å²) in [4.78, 5) is 18.8. The summed E-state index contributed by atoms with van der Waals surface area (Å²) in [5.74, 6) is 1.87. The molecule has 1 atom stereocenters. The Hall–Kier alpha value is -3.06. The summed E-state index contributed by atoms with van der Waals surface area (Å²) in [6.45, 7) is 0.416. The number of rotatable bonds is 5. The number of carbonyl (C=O) groups is 1. The first-order chi connectivity index (χ1) is 13.6. The predicted molar refractivity (Wildman–Crippen MR) is 104 cm³/mol. The zero-order valence-electron chi connectivity index (χ0n) is 15.4. The van der Waals surface area contributed by atoms with Crippen LogP contribution in [0.4, 0.5) is 5.69 Å². The van der Waals surface area contributed by atoms with Crippen molar-refractivity contribution in [1.29, 1.82) is 0 Å². The van der Waals surface area contributed by atoms with Crippen LogP contribution in [0.15, 0.2) is 47.0 Å². The van der Waals surface area contributed by atoms with Gasteiger partial charge in [0.25, 0.3) is 0 Å². The number of carbonyl (C=O) groups excluding carboxylic acids is 1. The van der Waals surface area contributed by atoms with Crippen molar-refractivity contribution >= 4 is 23.2 Å². The van der Waals surface area contributed by atoms with E-state index in [2.05, 4.69) is 10.1 Å². The zero-order valence-corrected chi connectivity index (χ0v) is 16.1. The maximum Gasteiger partial charge on any atom is 0.232 e. The van der Waals surface area contributed by atoms with E-state index in [9.17, 15) is 4.79 Å². The molecule has 1 fully saturated rings. The average Bonchev–Trinajstić information content (AvgIpc) is 3.34. The highest BCUT2D eigenvalue weighted by Crippen LogP contribution is 2.38.